The molecule has 1 amide bonds. The second-order valence-corrected chi connectivity index (χ2v) is 7.67. The van der Waals surface area contributed by atoms with Gasteiger partial charge in [-0.05, 0) is 43.8 Å². The van der Waals surface area contributed by atoms with Crippen LogP contribution in [0.2, 0.25) is 0 Å². The Bertz CT molecular complexity index is 642. The van der Waals surface area contributed by atoms with Gasteiger partial charge in [-0.25, -0.2) is 0 Å². The molecule has 0 atom stereocenters. The Morgan fingerprint density at radius 2 is 1.93 bits per heavy atom. The van der Waals surface area contributed by atoms with Crippen molar-refractivity contribution in [2.75, 3.05) is 26.7 Å². The van der Waals surface area contributed by atoms with Crippen LogP contribution in [-0.2, 0) is 17.6 Å². The predicted molar refractivity (Wildman–Crippen MR) is 122 cm³/mol. The van der Waals surface area contributed by atoms with Gasteiger partial charge in [0.2, 0.25) is 5.91 Å². The smallest absolute Gasteiger partial charge is 0.227 e. The van der Waals surface area contributed by atoms with Crippen molar-refractivity contribution in [3.8, 4) is 0 Å². The van der Waals surface area contributed by atoms with Crippen LogP contribution >= 0.6 is 35.3 Å². The Morgan fingerprint density at radius 3 is 2.52 bits per heavy atom. The van der Waals surface area contributed by atoms with Crippen LogP contribution in [0.3, 0.4) is 0 Å². The van der Waals surface area contributed by atoms with Crippen molar-refractivity contribution in [1.29, 1.82) is 0 Å². The van der Waals surface area contributed by atoms with Gasteiger partial charge in [0.05, 0.1) is 18.2 Å². The fourth-order valence-corrected chi connectivity index (χ4v) is 3.09. The highest BCUT2D eigenvalue weighted by Crippen LogP contribution is 2.15. The van der Waals surface area contributed by atoms with Gasteiger partial charge in [0.15, 0.2) is 5.96 Å². The molecule has 27 heavy (non-hydrogen) atoms. The summed E-state index contributed by atoms with van der Waals surface area (Å²) in [6, 6.07) is 8.03. The van der Waals surface area contributed by atoms with Crippen molar-refractivity contribution in [3.05, 3.63) is 46.5 Å². The van der Waals surface area contributed by atoms with Crippen molar-refractivity contribution in [1.82, 2.24) is 16.0 Å². The molecule has 0 aromatic carbocycles. The van der Waals surface area contributed by atoms with Crippen LogP contribution < -0.4 is 16.0 Å². The lowest BCUT2D eigenvalue weighted by molar-refractivity contribution is -0.128. The fourth-order valence-electron chi connectivity index (χ4n) is 2.38. The summed E-state index contributed by atoms with van der Waals surface area (Å²) in [6.07, 6.45) is 3.39. The predicted octanol–water partition coefficient (Wildman–Crippen LogP) is 3.05. The maximum absolute atomic E-state index is 12.0. The monoisotopic (exact) mass is 504 g/mol. The minimum absolute atomic E-state index is 0. The Balaban J connectivity index is 0.00000364. The van der Waals surface area contributed by atoms with Gasteiger partial charge < -0.3 is 20.4 Å². The van der Waals surface area contributed by atoms with Crippen molar-refractivity contribution in [3.63, 3.8) is 0 Å². The molecule has 0 aliphatic carbocycles. The molecule has 6 nitrogen and oxygen atoms in total. The average Bonchev–Trinajstić information content (AvgIpc) is 3.32. The number of halogens is 1. The average molecular weight is 504 g/mol. The van der Waals surface area contributed by atoms with Crippen LogP contribution in [0.25, 0.3) is 0 Å². The van der Waals surface area contributed by atoms with Crippen LogP contribution in [0.5, 0.6) is 0 Å². The molecular formula is C19H29IN4O2S. The molecule has 0 unspecified atom stereocenters. The van der Waals surface area contributed by atoms with E-state index in [1.807, 2.05) is 26.0 Å². The van der Waals surface area contributed by atoms with E-state index in [0.717, 1.165) is 25.1 Å². The van der Waals surface area contributed by atoms with Gasteiger partial charge >= 0.3 is 0 Å². The van der Waals surface area contributed by atoms with Gasteiger partial charge in [0, 0.05) is 31.4 Å². The first-order valence-corrected chi connectivity index (χ1v) is 9.68. The molecule has 8 heteroatoms. The summed E-state index contributed by atoms with van der Waals surface area (Å²) in [4.78, 5) is 17.9. The van der Waals surface area contributed by atoms with E-state index in [2.05, 4.69) is 38.5 Å². The number of rotatable bonds is 9. The van der Waals surface area contributed by atoms with Crippen molar-refractivity contribution in [2.24, 2.45) is 10.4 Å². The number of carbonyl (C=O) groups is 1. The number of hydrogen-bond donors (Lipinski definition) is 3. The zero-order chi connectivity index (χ0) is 18.8. The van der Waals surface area contributed by atoms with Gasteiger partial charge in [-0.2, -0.15) is 0 Å². The molecule has 2 heterocycles. The standard InChI is InChI=1S/C19H28N4O2S.HI/c1-19(2,17(24)20-3)14-23-18(21-10-8-15-6-4-12-25-15)22-11-9-16-7-5-13-26-16;/h4-7,12-13H,8-11,14H2,1-3H3,(H,20,24)(H2,21,22,23);1H. The number of nitrogens with one attached hydrogen (secondary N) is 3. The second kappa shape index (κ2) is 12.0. The van der Waals surface area contributed by atoms with Crippen LogP contribution in [0.4, 0.5) is 0 Å². The first-order chi connectivity index (χ1) is 12.5. The van der Waals surface area contributed by atoms with E-state index in [0.29, 0.717) is 19.0 Å². The molecule has 0 spiro atoms. The molecule has 0 saturated carbocycles. The highest BCUT2D eigenvalue weighted by Gasteiger charge is 2.26. The number of furan rings is 1. The molecule has 0 bridgehead atoms. The number of aliphatic imine (C=N–C) groups is 1. The third-order valence-electron chi connectivity index (χ3n) is 3.96. The van der Waals surface area contributed by atoms with Crippen molar-refractivity contribution in [2.45, 2.75) is 26.7 Å². The molecule has 2 aromatic rings. The SMILES string of the molecule is CNC(=O)C(C)(C)CN=C(NCCc1ccco1)NCCc1cccs1.I. The van der Waals surface area contributed by atoms with Crippen LogP contribution in [0.1, 0.15) is 24.5 Å². The summed E-state index contributed by atoms with van der Waals surface area (Å²) in [7, 11) is 1.65. The number of carbonyl (C=O) groups excluding carboxylic acids is 1. The van der Waals surface area contributed by atoms with E-state index in [1.165, 1.54) is 4.88 Å². The highest BCUT2D eigenvalue weighted by atomic mass is 127. The maximum Gasteiger partial charge on any atom is 0.227 e. The van der Waals surface area contributed by atoms with E-state index in [-0.39, 0.29) is 29.9 Å². The van der Waals surface area contributed by atoms with Gasteiger partial charge in [-0.3, -0.25) is 9.79 Å². The highest BCUT2D eigenvalue weighted by molar-refractivity contribution is 14.0. The molecule has 150 valence electrons. The van der Waals surface area contributed by atoms with Gasteiger partial charge in [0.1, 0.15) is 5.76 Å². The van der Waals surface area contributed by atoms with Gasteiger partial charge in [-0.1, -0.05) is 6.07 Å². The molecule has 2 aromatic heterocycles. The maximum atomic E-state index is 12.0. The van der Waals surface area contributed by atoms with E-state index >= 15 is 0 Å². The first kappa shape index (κ1) is 23.5. The Kier molecular flexibility index (Phi) is 10.5. The molecule has 0 radical (unpaired) electrons. The summed E-state index contributed by atoms with van der Waals surface area (Å²) < 4.78 is 5.35. The third-order valence-corrected chi connectivity index (χ3v) is 4.90. The zero-order valence-electron chi connectivity index (χ0n) is 16.1. The Hall–Kier alpha value is -1.55. The summed E-state index contributed by atoms with van der Waals surface area (Å²) in [5.74, 6) is 1.63. The Morgan fingerprint density at radius 1 is 1.19 bits per heavy atom. The topological polar surface area (TPSA) is 78.7 Å². The number of amides is 1. The molecule has 0 aliphatic rings. The number of hydrogen-bond acceptors (Lipinski definition) is 4. The van der Waals surface area contributed by atoms with E-state index in [4.69, 9.17) is 4.42 Å². The minimum atomic E-state index is -0.557. The molecule has 0 fully saturated rings. The number of nitrogens with zero attached hydrogens (tertiary/aromatic N) is 1. The normalized spacial score (nSPS) is 11.6. The lowest BCUT2D eigenvalue weighted by Crippen LogP contribution is -2.42. The summed E-state index contributed by atoms with van der Waals surface area (Å²) in [5, 5.41) is 11.4. The summed E-state index contributed by atoms with van der Waals surface area (Å²) >= 11 is 1.75. The summed E-state index contributed by atoms with van der Waals surface area (Å²) in [6.45, 7) is 5.68. The van der Waals surface area contributed by atoms with Crippen molar-refractivity contribution < 1.29 is 9.21 Å². The lowest BCUT2D eigenvalue weighted by atomic mass is 9.93. The van der Waals surface area contributed by atoms with Gasteiger partial charge in [0.25, 0.3) is 0 Å². The number of thiophene rings is 1. The summed E-state index contributed by atoms with van der Waals surface area (Å²) in [5.41, 5.74) is -0.557. The molecule has 2 rings (SSSR count). The quantitative estimate of drug-likeness (QED) is 0.279. The van der Waals surface area contributed by atoms with Crippen LogP contribution in [0, 0.1) is 5.41 Å². The lowest BCUT2D eigenvalue weighted by Gasteiger charge is -2.21. The minimum Gasteiger partial charge on any atom is -0.469 e. The third kappa shape index (κ3) is 8.34. The van der Waals surface area contributed by atoms with Crippen LogP contribution in [0.15, 0.2) is 45.3 Å². The first-order valence-electron chi connectivity index (χ1n) is 8.80. The van der Waals surface area contributed by atoms with Gasteiger partial charge in [-0.15, -0.1) is 35.3 Å². The van der Waals surface area contributed by atoms with Crippen molar-refractivity contribution >= 4 is 47.2 Å². The Labute approximate surface area is 182 Å². The van der Waals surface area contributed by atoms with E-state index < -0.39 is 5.41 Å². The molecular weight excluding hydrogens is 475 g/mol. The zero-order valence-corrected chi connectivity index (χ0v) is 19.2. The van der Waals surface area contributed by atoms with E-state index in [9.17, 15) is 4.79 Å². The fraction of sp³-hybridized carbons (Fsp3) is 0.474. The van der Waals surface area contributed by atoms with E-state index in [1.54, 1.807) is 24.6 Å². The molecule has 3 N–H and O–H groups in total. The molecule has 0 saturated heterocycles. The largest absolute Gasteiger partial charge is 0.469 e. The number of guanidine groups is 1. The molecule has 0 aliphatic heterocycles. The van der Waals surface area contributed by atoms with Crippen LogP contribution in [-0.4, -0.2) is 38.5 Å². The second-order valence-electron chi connectivity index (χ2n) is 6.64.